The zero-order valence-corrected chi connectivity index (χ0v) is 39.0. The van der Waals surface area contributed by atoms with Crippen LogP contribution in [0.25, 0.3) is 0 Å². The van der Waals surface area contributed by atoms with Gasteiger partial charge in [0.25, 0.3) is 0 Å². The van der Waals surface area contributed by atoms with E-state index in [0.29, 0.717) is 38.5 Å². The van der Waals surface area contributed by atoms with Gasteiger partial charge in [0.1, 0.15) is 73.2 Å². The number of carbonyl (C=O) groups is 1. The van der Waals surface area contributed by atoms with E-state index in [2.05, 4.69) is 26.0 Å². The molecule has 0 spiro atoms. The zero-order chi connectivity index (χ0) is 49.1. The molecule has 20 nitrogen and oxygen atoms in total. The number of fused-ring (bicyclic) bond motifs is 5. The molecule has 7 aliphatic rings. The second-order valence-corrected chi connectivity index (χ2v) is 21.2. The molecule has 3 aliphatic heterocycles. The summed E-state index contributed by atoms with van der Waals surface area (Å²) in [6.07, 6.45) is -15.0. The number of carboxylic acids is 1. The van der Waals surface area contributed by atoms with Crippen LogP contribution in [0.1, 0.15) is 92.4 Å². The minimum atomic E-state index is -1.79. The summed E-state index contributed by atoms with van der Waals surface area (Å²) in [7, 11) is 0. The lowest BCUT2D eigenvalue weighted by atomic mass is 9.51. The molecule has 0 aromatic rings. The van der Waals surface area contributed by atoms with E-state index >= 15 is 0 Å². The van der Waals surface area contributed by atoms with Crippen molar-refractivity contribution in [2.75, 3.05) is 19.8 Å². The number of allylic oxidation sites excluding steroid dienone is 4. The molecule has 4 aliphatic carbocycles. The number of hydrogen-bond acceptors (Lipinski definition) is 19. The first-order chi connectivity index (χ1) is 31.6. The Hall–Kier alpha value is -1.77. The molecule has 7 rings (SSSR count). The van der Waals surface area contributed by atoms with Gasteiger partial charge in [0, 0.05) is 0 Å². The van der Waals surface area contributed by atoms with Crippen LogP contribution in [0, 0.1) is 40.4 Å². The van der Waals surface area contributed by atoms with Gasteiger partial charge in [-0.2, -0.15) is 0 Å². The molecule has 24 atom stereocenters. The number of ether oxygens (including phenoxy) is 6. The third-order valence-corrected chi connectivity index (χ3v) is 17.4. The number of rotatable bonds is 16. The van der Waals surface area contributed by atoms with Crippen molar-refractivity contribution >= 4 is 5.97 Å². The summed E-state index contributed by atoms with van der Waals surface area (Å²) < 4.78 is 35.4. The van der Waals surface area contributed by atoms with E-state index in [9.17, 15) is 71.2 Å². The van der Waals surface area contributed by atoms with Crippen molar-refractivity contribution in [1.29, 1.82) is 0 Å². The Labute approximate surface area is 390 Å². The summed E-state index contributed by atoms with van der Waals surface area (Å²) in [6.45, 7) is 7.61. The lowest BCUT2D eigenvalue weighted by Crippen LogP contribution is -2.65. The van der Waals surface area contributed by atoms with Crippen LogP contribution in [0.2, 0.25) is 0 Å². The Morgan fingerprint density at radius 2 is 1.31 bits per heavy atom. The summed E-state index contributed by atoms with van der Waals surface area (Å²) in [5.74, 6) is -2.17. The SMILES string of the molecule is CC(C)C(O)(CCC(C(=O)O)C1CCC2C3=CCC4CC(OC5OC(CO)C(O)C(O)C5OC5OC(CO)C(O)C(O)C5O)CCC4(C)C3=CCC21C)C(C)OC1OC(CO)C(O)C(O)C1O. The van der Waals surface area contributed by atoms with Crippen LogP contribution < -0.4 is 0 Å². The smallest absolute Gasteiger partial charge is 0.306 e. The molecule has 0 aromatic heterocycles. The molecule has 3 heterocycles. The van der Waals surface area contributed by atoms with Gasteiger partial charge >= 0.3 is 5.97 Å². The molecule has 384 valence electrons. The molecule has 67 heavy (non-hydrogen) atoms. The predicted molar refractivity (Wildman–Crippen MR) is 231 cm³/mol. The minimum absolute atomic E-state index is 0.0525. The topological polar surface area (TPSA) is 335 Å². The highest BCUT2D eigenvalue weighted by molar-refractivity contribution is 5.70. The van der Waals surface area contributed by atoms with E-state index in [1.54, 1.807) is 20.8 Å². The quantitative estimate of drug-likeness (QED) is 0.0843. The van der Waals surface area contributed by atoms with Crippen molar-refractivity contribution in [2.24, 2.45) is 40.4 Å². The van der Waals surface area contributed by atoms with Gasteiger partial charge in [0.2, 0.25) is 0 Å². The van der Waals surface area contributed by atoms with Gasteiger partial charge in [0.15, 0.2) is 18.9 Å². The molecule has 5 fully saturated rings. The van der Waals surface area contributed by atoms with Crippen LogP contribution in [0.3, 0.4) is 0 Å². The maximum absolute atomic E-state index is 13.2. The predicted octanol–water partition coefficient (Wildman–Crippen LogP) is -1.43. The largest absolute Gasteiger partial charge is 0.481 e. The summed E-state index contributed by atoms with van der Waals surface area (Å²) in [5.41, 5.74) is 0.279. The van der Waals surface area contributed by atoms with Crippen molar-refractivity contribution < 1.29 is 99.6 Å². The highest BCUT2D eigenvalue weighted by Crippen LogP contribution is 2.65. The van der Waals surface area contributed by atoms with Crippen molar-refractivity contribution in [1.82, 2.24) is 0 Å². The third kappa shape index (κ3) is 9.69. The highest BCUT2D eigenvalue weighted by Gasteiger charge is 2.59. The van der Waals surface area contributed by atoms with E-state index in [1.165, 1.54) is 11.1 Å². The number of carboxylic acid groups (broad SMARTS) is 1. The molecule has 24 unspecified atom stereocenters. The van der Waals surface area contributed by atoms with Gasteiger partial charge in [0.05, 0.1) is 43.5 Å². The Bertz CT molecular complexity index is 1760. The Morgan fingerprint density at radius 1 is 0.746 bits per heavy atom. The summed E-state index contributed by atoms with van der Waals surface area (Å²) in [5, 5.41) is 137. The first-order valence-electron chi connectivity index (χ1n) is 24.1. The molecule has 0 aromatic carbocycles. The first kappa shape index (κ1) is 53.0. The standard InChI is InChI=1S/C47H76O20/c1-20(2)47(61,21(3)62-42-38(57)35(54)32(51)29(17-48)64-42)15-11-25(41(59)60)27-9-8-26-24-7-6-22-16-23(10-13-45(22,4)28(24)12-14-46(26,27)5)63-44-40(37(56)34(53)31(19-50)66-44)67-43-39(58)36(55)33(52)30(18-49)65-43/h7,12,20-23,25-27,29-40,42-44,48-58,61H,6,8-11,13-19H2,1-5H3,(H,59,60). The van der Waals surface area contributed by atoms with Gasteiger partial charge in [-0.1, -0.05) is 39.8 Å². The van der Waals surface area contributed by atoms with Gasteiger partial charge in [-0.3, -0.25) is 4.79 Å². The summed E-state index contributed by atoms with van der Waals surface area (Å²) in [4.78, 5) is 13.2. The number of aliphatic hydroxyl groups excluding tert-OH is 11. The molecule has 0 amide bonds. The minimum Gasteiger partial charge on any atom is -0.481 e. The van der Waals surface area contributed by atoms with Gasteiger partial charge < -0.3 is 94.8 Å². The number of hydrogen-bond donors (Lipinski definition) is 13. The summed E-state index contributed by atoms with van der Waals surface area (Å²) >= 11 is 0. The molecule has 0 radical (unpaired) electrons. The maximum Gasteiger partial charge on any atom is 0.306 e. The van der Waals surface area contributed by atoms with Crippen LogP contribution in [0.15, 0.2) is 23.3 Å². The molecular formula is C47H76O20. The fourth-order valence-electron chi connectivity index (χ4n) is 12.8. The fraction of sp³-hybridized carbons (Fsp3) is 0.894. The zero-order valence-electron chi connectivity index (χ0n) is 39.0. The Morgan fingerprint density at radius 3 is 1.90 bits per heavy atom. The second kappa shape index (κ2) is 20.8. The van der Waals surface area contributed by atoms with Gasteiger partial charge in [-0.05, 0) is 110 Å². The van der Waals surface area contributed by atoms with E-state index < -0.39 is 148 Å². The second-order valence-electron chi connectivity index (χ2n) is 21.2. The number of aliphatic carboxylic acids is 1. The highest BCUT2D eigenvalue weighted by atomic mass is 16.8. The van der Waals surface area contributed by atoms with E-state index in [0.717, 1.165) is 6.42 Å². The normalized spacial score (nSPS) is 47.5. The maximum atomic E-state index is 13.2. The fourth-order valence-corrected chi connectivity index (χ4v) is 12.8. The molecule has 13 N–H and O–H groups in total. The van der Waals surface area contributed by atoms with Gasteiger partial charge in [-0.15, -0.1) is 0 Å². The number of aliphatic hydroxyl groups is 12. The van der Waals surface area contributed by atoms with E-state index in [-0.39, 0.29) is 41.4 Å². The monoisotopic (exact) mass is 960 g/mol. The lowest BCUT2D eigenvalue weighted by molar-refractivity contribution is -0.372. The average Bonchev–Trinajstić information content (AvgIpc) is 3.65. The van der Waals surface area contributed by atoms with Crippen molar-refractivity contribution in [2.45, 2.75) is 202 Å². The molecule has 2 saturated carbocycles. The lowest BCUT2D eigenvalue weighted by Gasteiger charge is -2.54. The van der Waals surface area contributed by atoms with Crippen LogP contribution in [0.5, 0.6) is 0 Å². The van der Waals surface area contributed by atoms with Crippen LogP contribution >= 0.6 is 0 Å². The van der Waals surface area contributed by atoms with Crippen LogP contribution in [0.4, 0.5) is 0 Å². The van der Waals surface area contributed by atoms with Crippen molar-refractivity contribution in [3.05, 3.63) is 23.3 Å². The van der Waals surface area contributed by atoms with Crippen molar-refractivity contribution in [3.8, 4) is 0 Å². The molecule has 0 bridgehead atoms. The summed E-state index contributed by atoms with van der Waals surface area (Å²) in [6, 6.07) is 0. The third-order valence-electron chi connectivity index (χ3n) is 17.4. The molecule has 3 saturated heterocycles. The first-order valence-corrected chi connectivity index (χ1v) is 24.1. The van der Waals surface area contributed by atoms with Crippen LogP contribution in [-0.2, 0) is 33.2 Å². The Balaban J connectivity index is 1.02. The Kier molecular flexibility index (Phi) is 16.4. The van der Waals surface area contributed by atoms with Gasteiger partial charge in [-0.25, -0.2) is 0 Å². The molecule has 20 heteroatoms. The van der Waals surface area contributed by atoms with E-state index in [4.69, 9.17) is 28.4 Å². The van der Waals surface area contributed by atoms with Crippen molar-refractivity contribution in [3.63, 3.8) is 0 Å². The average molecular weight is 961 g/mol. The van der Waals surface area contributed by atoms with E-state index in [1.807, 2.05) is 0 Å². The van der Waals surface area contributed by atoms with Crippen LogP contribution in [-0.4, -0.2) is 202 Å². The molecular weight excluding hydrogens is 884 g/mol.